The number of oxazole rings is 1. The predicted molar refractivity (Wildman–Crippen MR) is 105 cm³/mol. The van der Waals surface area contributed by atoms with Crippen molar-refractivity contribution < 1.29 is 14.0 Å². The van der Waals surface area contributed by atoms with Crippen molar-refractivity contribution in [3.8, 4) is 0 Å². The van der Waals surface area contributed by atoms with E-state index < -0.39 is 5.41 Å². The molecule has 4 rings (SSSR count). The normalized spacial score (nSPS) is 26.2. The van der Waals surface area contributed by atoms with Gasteiger partial charge in [-0.05, 0) is 38.0 Å². The van der Waals surface area contributed by atoms with Gasteiger partial charge < -0.3 is 14.6 Å². The molecular formula is C20H26N4O3S. The van der Waals surface area contributed by atoms with Gasteiger partial charge in [0.15, 0.2) is 12.1 Å². The van der Waals surface area contributed by atoms with Crippen LogP contribution in [0.2, 0.25) is 0 Å². The quantitative estimate of drug-likeness (QED) is 0.768. The molecule has 2 saturated heterocycles. The number of amides is 2. The number of carbonyl (C=O) groups is 2. The molecule has 0 aliphatic carbocycles. The molecule has 4 heterocycles. The summed E-state index contributed by atoms with van der Waals surface area (Å²) in [6.45, 7) is 4.78. The number of aromatic nitrogens is 2. The first-order valence-corrected chi connectivity index (χ1v) is 10.8. The molecule has 0 unspecified atom stereocenters. The van der Waals surface area contributed by atoms with Gasteiger partial charge >= 0.3 is 0 Å². The minimum atomic E-state index is -0.539. The monoisotopic (exact) mass is 402 g/mol. The summed E-state index contributed by atoms with van der Waals surface area (Å²) < 4.78 is 5.00. The summed E-state index contributed by atoms with van der Waals surface area (Å²) >= 11 is 1.52. The fraction of sp³-hybridized carbons (Fsp3) is 0.600. The van der Waals surface area contributed by atoms with Crippen molar-refractivity contribution in [2.45, 2.75) is 64.6 Å². The Morgan fingerprint density at radius 2 is 2.25 bits per heavy atom. The molecular weight excluding hydrogens is 376 g/mol. The maximum absolute atomic E-state index is 13.4. The molecule has 0 radical (unpaired) electrons. The fourth-order valence-corrected chi connectivity index (χ4v) is 5.34. The van der Waals surface area contributed by atoms with Crippen molar-refractivity contribution in [3.05, 3.63) is 34.9 Å². The summed E-state index contributed by atoms with van der Waals surface area (Å²) in [7, 11) is 0. The van der Waals surface area contributed by atoms with Crippen molar-refractivity contribution in [3.63, 3.8) is 0 Å². The molecule has 2 aromatic rings. The third-order valence-electron chi connectivity index (χ3n) is 6.16. The Morgan fingerprint density at radius 3 is 2.93 bits per heavy atom. The van der Waals surface area contributed by atoms with E-state index in [0.29, 0.717) is 18.2 Å². The Hall–Kier alpha value is -2.22. The SMILES string of the molecule is CC(C)CC[C@]1(C(=O)NCc2cscn2)C[C@H]2CC[C@@H]1N2C(=O)c1cocn1. The van der Waals surface area contributed by atoms with Crippen LogP contribution in [0.4, 0.5) is 0 Å². The van der Waals surface area contributed by atoms with Crippen LogP contribution in [0.5, 0.6) is 0 Å². The van der Waals surface area contributed by atoms with E-state index in [0.717, 1.165) is 37.8 Å². The van der Waals surface area contributed by atoms with Gasteiger partial charge in [-0.15, -0.1) is 11.3 Å². The van der Waals surface area contributed by atoms with Gasteiger partial charge in [0.25, 0.3) is 5.91 Å². The number of carbonyl (C=O) groups excluding carboxylic acids is 2. The second kappa shape index (κ2) is 7.66. The molecule has 3 atom stereocenters. The number of hydrogen-bond donors (Lipinski definition) is 1. The molecule has 28 heavy (non-hydrogen) atoms. The van der Waals surface area contributed by atoms with Crippen LogP contribution < -0.4 is 5.32 Å². The highest BCUT2D eigenvalue weighted by atomic mass is 32.1. The van der Waals surface area contributed by atoms with E-state index in [1.54, 1.807) is 5.51 Å². The van der Waals surface area contributed by atoms with E-state index in [9.17, 15) is 9.59 Å². The fourth-order valence-electron chi connectivity index (χ4n) is 4.78. The van der Waals surface area contributed by atoms with Crippen molar-refractivity contribution in [1.82, 2.24) is 20.2 Å². The maximum Gasteiger partial charge on any atom is 0.276 e. The lowest BCUT2D eigenvalue weighted by Crippen LogP contribution is -2.50. The van der Waals surface area contributed by atoms with Crippen LogP contribution in [0.3, 0.4) is 0 Å². The molecule has 0 spiro atoms. The van der Waals surface area contributed by atoms with Crippen LogP contribution in [0, 0.1) is 11.3 Å². The van der Waals surface area contributed by atoms with Crippen LogP contribution in [0.1, 0.15) is 62.1 Å². The van der Waals surface area contributed by atoms with Gasteiger partial charge in [-0.25, -0.2) is 9.97 Å². The van der Waals surface area contributed by atoms with Gasteiger partial charge in [-0.1, -0.05) is 13.8 Å². The zero-order valence-electron chi connectivity index (χ0n) is 16.3. The second-order valence-electron chi connectivity index (χ2n) is 8.29. The molecule has 2 aliphatic rings. The summed E-state index contributed by atoms with van der Waals surface area (Å²) in [4.78, 5) is 36.6. The number of hydrogen-bond acceptors (Lipinski definition) is 6. The van der Waals surface area contributed by atoms with Gasteiger partial charge in [0.1, 0.15) is 6.26 Å². The minimum absolute atomic E-state index is 0.0475. The summed E-state index contributed by atoms with van der Waals surface area (Å²) in [6, 6.07) is 0.00210. The van der Waals surface area contributed by atoms with Crippen LogP contribution in [0.15, 0.2) is 28.0 Å². The molecule has 2 bridgehead atoms. The highest BCUT2D eigenvalue weighted by Gasteiger charge is 2.60. The average Bonchev–Trinajstić information content (AvgIpc) is 3.47. The van der Waals surface area contributed by atoms with Crippen molar-refractivity contribution in [1.29, 1.82) is 0 Å². The summed E-state index contributed by atoms with van der Waals surface area (Å²) in [5, 5.41) is 5.05. The molecule has 2 fully saturated rings. The lowest BCUT2D eigenvalue weighted by molar-refractivity contribution is -0.133. The molecule has 0 saturated carbocycles. The third-order valence-corrected chi connectivity index (χ3v) is 6.80. The molecule has 2 amide bonds. The molecule has 7 nitrogen and oxygen atoms in total. The van der Waals surface area contributed by atoms with Gasteiger partial charge in [-0.3, -0.25) is 9.59 Å². The van der Waals surface area contributed by atoms with Gasteiger partial charge in [-0.2, -0.15) is 0 Å². The van der Waals surface area contributed by atoms with Crippen LogP contribution in [-0.4, -0.2) is 38.8 Å². The topological polar surface area (TPSA) is 88.3 Å². The first-order chi connectivity index (χ1) is 13.5. The van der Waals surface area contributed by atoms with E-state index in [4.69, 9.17) is 4.42 Å². The molecule has 2 aromatic heterocycles. The average molecular weight is 403 g/mol. The first kappa shape index (κ1) is 19.1. The number of nitrogens with zero attached hydrogens (tertiary/aromatic N) is 3. The Bertz CT molecular complexity index is 821. The van der Waals surface area contributed by atoms with Crippen molar-refractivity contribution >= 4 is 23.2 Å². The molecule has 1 N–H and O–H groups in total. The predicted octanol–water partition coefficient (Wildman–Crippen LogP) is 3.25. The Balaban J connectivity index is 1.57. The third kappa shape index (κ3) is 3.34. The van der Waals surface area contributed by atoms with Crippen molar-refractivity contribution in [2.24, 2.45) is 11.3 Å². The Morgan fingerprint density at radius 1 is 1.39 bits per heavy atom. The molecule has 8 heteroatoms. The van der Waals surface area contributed by atoms with Crippen molar-refractivity contribution in [2.75, 3.05) is 0 Å². The van der Waals surface area contributed by atoms with Gasteiger partial charge in [0.2, 0.25) is 5.91 Å². The Kier molecular flexibility index (Phi) is 5.23. The number of fused-ring (bicyclic) bond motifs is 2. The van der Waals surface area contributed by atoms with Gasteiger partial charge in [0.05, 0.1) is 23.2 Å². The molecule has 150 valence electrons. The molecule has 2 aliphatic heterocycles. The van der Waals surface area contributed by atoms with E-state index in [2.05, 4.69) is 29.1 Å². The highest BCUT2D eigenvalue weighted by Crippen LogP contribution is 2.53. The smallest absolute Gasteiger partial charge is 0.276 e. The summed E-state index contributed by atoms with van der Waals surface area (Å²) in [6.07, 6.45) is 6.93. The van der Waals surface area contributed by atoms with Crippen LogP contribution in [-0.2, 0) is 11.3 Å². The largest absolute Gasteiger partial charge is 0.451 e. The summed E-state index contributed by atoms with van der Waals surface area (Å²) in [5.74, 6) is 0.424. The van der Waals surface area contributed by atoms with Crippen LogP contribution >= 0.6 is 11.3 Å². The van der Waals surface area contributed by atoms with E-state index in [1.807, 2.05) is 10.3 Å². The number of rotatable bonds is 7. The van der Waals surface area contributed by atoms with Gasteiger partial charge in [0, 0.05) is 17.5 Å². The number of nitrogens with one attached hydrogen (secondary N) is 1. The van der Waals surface area contributed by atoms with E-state index >= 15 is 0 Å². The second-order valence-corrected chi connectivity index (χ2v) is 9.01. The Labute approximate surface area is 168 Å². The highest BCUT2D eigenvalue weighted by molar-refractivity contribution is 7.07. The molecule has 0 aromatic carbocycles. The zero-order valence-corrected chi connectivity index (χ0v) is 17.1. The van der Waals surface area contributed by atoms with Crippen LogP contribution in [0.25, 0.3) is 0 Å². The standard InChI is InChI=1S/C20H26N4O3S/c1-13(2)5-6-20(19(26)21-8-14-10-28-12-23-14)7-15-3-4-17(20)24(15)18(25)16-9-27-11-22-16/h9-13,15,17H,3-8H2,1-2H3,(H,21,26)/t15-,17+,20+/m1/s1. The lowest BCUT2D eigenvalue weighted by Gasteiger charge is -2.36. The van der Waals surface area contributed by atoms with E-state index in [1.165, 1.54) is 24.0 Å². The number of thiazole rings is 1. The first-order valence-electron chi connectivity index (χ1n) is 9.87. The zero-order chi connectivity index (χ0) is 19.7. The summed E-state index contributed by atoms with van der Waals surface area (Å²) in [5.41, 5.74) is 2.42. The van der Waals surface area contributed by atoms with E-state index in [-0.39, 0.29) is 23.9 Å². The maximum atomic E-state index is 13.4. The lowest BCUT2D eigenvalue weighted by atomic mass is 9.69. The minimum Gasteiger partial charge on any atom is -0.451 e.